The van der Waals surface area contributed by atoms with E-state index >= 15 is 0 Å². The molecule has 0 bridgehead atoms. The summed E-state index contributed by atoms with van der Waals surface area (Å²) in [5, 5.41) is 19.7. The predicted octanol–water partition coefficient (Wildman–Crippen LogP) is 7.60. The Bertz CT molecular complexity index is 881. The van der Waals surface area contributed by atoms with Gasteiger partial charge in [-0.1, -0.05) is 39.5 Å². The quantitative estimate of drug-likeness (QED) is 0.428. The zero-order valence-corrected chi connectivity index (χ0v) is 19.9. The first-order valence-electron chi connectivity index (χ1n) is 10.9. The van der Waals surface area contributed by atoms with Crippen LogP contribution in [0.25, 0.3) is 0 Å². The van der Waals surface area contributed by atoms with Crippen LogP contribution < -0.4 is 4.90 Å². The van der Waals surface area contributed by atoms with Crippen molar-refractivity contribution in [3.8, 4) is 11.8 Å². The molecule has 1 aliphatic rings. The summed E-state index contributed by atoms with van der Waals surface area (Å²) in [6, 6.07) is 14.2. The SMILES string of the molecule is CCCCC1(CCCC)CSc2cc(O)c(SC)cc2N(c2ccc(C#N)cc2)C1. The van der Waals surface area contributed by atoms with E-state index in [1.54, 1.807) is 11.8 Å². The van der Waals surface area contributed by atoms with Gasteiger partial charge in [-0.15, -0.1) is 23.5 Å². The van der Waals surface area contributed by atoms with E-state index in [1.807, 2.05) is 36.2 Å². The third-order valence-corrected chi connectivity index (χ3v) is 8.17. The molecule has 1 heterocycles. The highest BCUT2D eigenvalue weighted by molar-refractivity contribution is 7.99. The molecule has 160 valence electrons. The zero-order valence-electron chi connectivity index (χ0n) is 18.3. The summed E-state index contributed by atoms with van der Waals surface area (Å²) in [5.74, 6) is 1.44. The lowest BCUT2D eigenvalue weighted by atomic mass is 9.79. The molecule has 0 radical (unpaired) electrons. The molecule has 2 aromatic carbocycles. The number of phenolic OH excluding ortho intramolecular Hbond substituents is 1. The predicted molar refractivity (Wildman–Crippen MR) is 130 cm³/mol. The van der Waals surface area contributed by atoms with Gasteiger partial charge in [0.1, 0.15) is 5.75 Å². The minimum atomic E-state index is 0.235. The van der Waals surface area contributed by atoms with Gasteiger partial charge in [0.2, 0.25) is 0 Å². The van der Waals surface area contributed by atoms with Gasteiger partial charge in [0, 0.05) is 22.9 Å². The fraction of sp³-hybridized carbons (Fsp3) is 0.480. The van der Waals surface area contributed by atoms with Crippen molar-refractivity contribution < 1.29 is 5.11 Å². The number of anilines is 2. The molecule has 0 aromatic heterocycles. The van der Waals surface area contributed by atoms with Gasteiger partial charge < -0.3 is 10.0 Å². The summed E-state index contributed by atoms with van der Waals surface area (Å²) in [6.45, 7) is 5.51. The van der Waals surface area contributed by atoms with Crippen molar-refractivity contribution >= 4 is 34.9 Å². The number of phenols is 1. The topological polar surface area (TPSA) is 47.3 Å². The number of nitriles is 1. The van der Waals surface area contributed by atoms with Crippen molar-refractivity contribution in [1.29, 1.82) is 5.26 Å². The van der Waals surface area contributed by atoms with Crippen LogP contribution in [0.5, 0.6) is 5.75 Å². The van der Waals surface area contributed by atoms with E-state index in [9.17, 15) is 10.4 Å². The maximum atomic E-state index is 10.5. The van der Waals surface area contributed by atoms with Crippen LogP contribution in [-0.2, 0) is 0 Å². The van der Waals surface area contributed by atoms with Crippen molar-refractivity contribution in [3.05, 3.63) is 42.0 Å². The average Bonchev–Trinajstić information content (AvgIpc) is 2.93. The maximum Gasteiger partial charge on any atom is 0.130 e. The lowest BCUT2D eigenvalue weighted by molar-refractivity contribution is 0.274. The number of aromatic hydroxyl groups is 1. The Morgan fingerprint density at radius 1 is 1.13 bits per heavy atom. The summed E-state index contributed by atoms with van der Waals surface area (Å²) in [7, 11) is 0. The lowest BCUT2D eigenvalue weighted by Gasteiger charge is -2.37. The van der Waals surface area contributed by atoms with E-state index in [2.05, 4.69) is 43.0 Å². The largest absolute Gasteiger partial charge is 0.507 e. The van der Waals surface area contributed by atoms with Crippen molar-refractivity contribution in [3.63, 3.8) is 0 Å². The summed E-state index contributed by atoms with van der Waals surface area (Å²) in [5.41, 5.74) is 3.20. The molecular formula is C25H32N2OS2. The van der Waals surface area contributed by atoms with Crippen molar-refractivity contribution in [2.45, 2.75) is 62.2 Å². The third-order valence-electron chi connectivity index (χ3n) is 6.01. The second-order valence-electron chi connectivity index (χ2n) is 8.23. The highest BCUT2D eigenvalue weighted by Crippen LogP contribution is 2.49. The van der Waals surface area contributed by atoms with E-state index in [0.717, 1.165) is 27.8 Å². The van der Waals surface area contributed by atoms with E-state index in [1.165, 1.54) is 44.2 Å². The molecule has 2 aromatic rings. The number of thioether (sulfide) groups is 2. The van der Waals surface area contributed by atoms with Crippen LogP contribution in [0, 0.1) is 16.7 Å². The third kappa shape index (κ3) is 5.10. The standard InChI is InChI=1S/C25H32N2OS2/c1-4-6-12-25(13-7-5-2)17-27(20-10-8-19(16-26)9-11-20)21-14-24(29-3)22(28)15-23(21)30-18-25/h8-11,14-15,28H,4-7,12-13,17-18H2,1-3H3. The van der Waals surface area contributed by atoms with Gasteiger partial charge in [-0.3, -0.25) is 0 Å². The molecule has 30 heavy (non-hydrogen) atoms. The number of hydrogen-bond acceptors (Lipinski definition) is 5. The molecule has 0 saturated heterocycles. The minimum absolute atomic E-state index is 0.235. The molecule has 0 aliphatic carbocycles. The first-order chi connectivity index (χ1) is 14.6. The number of benzene rings is 2. The van der Waals surface area contributed by atoms with Gasteiger partial charge >= 0.3 is 0 Å². The summed E-state index contributed by atoms with van der Waals surface area (Å²) in [4.78, 5) is 4.48. The van der Waals surface area contributed by atoms with Crippen LogP contribution in [0.1, 0.15) is 57.9 Å². The van der Waals surface area contributed by atoms with E-state index < -0.39 is 0 Å². The molecule has 5 heteroatoms. The lowest BCUT2D eigenvalue weighted by Crippen LogP contribution is -2.36. The smallest absolute Gasteiger partial charge is 0.130 e. The molecule has 0 atom stereocenters. The molecule has 1 N–H and O–H groups in total. The normalized spacial score (nSPS) is 15.3. The Balaban J connectivity index is 2.10. The van der Waals surface area contributed by atoms with Crippen molar-refractivity contribution in [2.75, 3.05) is 23.5 Å². The van der Waals surface area contributed by atoms with Gasteiger partial charge in [0.25, 0.3) is 0 Å². The maximum absolute atomic E-state index is 10.5. The van der Waals surface area contributed by atoms with Gasteiger partial charge in [-0.05, 0) is 60.9 Å². The number of rotatable bonds is 8. The van der Waals surface area contributed by atoms with Crippen molar-refractivity contribution in [1.82, 2.24) is 0 Å². The fourth-order valence-electron chi connectivity index (χ4n) is 4.20. The van der Waals surface area contributed by atoms with Crippen LogP contribution in [0.4, 0.5) is 11.4 Å². The fourth-order valence-corrected chi connectivity index (χ4v) is 6.05. The van der Waals surface area contributed by atoms with Crippen LogP contribution >= 0.6 is 23.5 Å². The van der Waals surface area contributed by atoms with E-state index in [0.29, 0.717) is 11.3 Å². The second-order valence-corrected chi connectivity index (χ2v) is 10.1. The van der Waals surface area contributed by atoms with Crippen LogP contribution in [0.3, 0.4) is 0 Å². The Kier molecular flexibility index (Phi) is 8.02. The molecule has 3 nitrogen and oxygen atoms in total. The van der Waals surface area contributed by atoms with Gasteiger partial charge in [0.05, 0.1) is 22.2 Å². The molecule has 0 spiro atoms. The Hall–Kier alpha value is -1.77. The monoisotopic (exact) mass is 440 g/mol. The van der Waals surface area contributed by atoms with Crippen LogP contribution in [0.15, 0.2) is 46.2 Å². The molecule has 3 rings (SSSR count). The van der Waals surface area contributed by atoms with Gasteiger partial charge in [-0.2, -0.15) is 5.26 Å². The number of nitrogens with zero attached hydrogens (tertiary/aromatic N) is 2. The van der Waals surface area contributed by atoms with Gasteiger partial charge in [-0.25, -0.2) is 0 Å². The molecular weight excluding hydrogens is 408 g/mol. The van der Waals surface area contributed by atoms with Gasteiger partial charge in [0.15, 0.2) is 0 Å². The Morgan fingerprint density at radius 2 is 1.80 bits per heavy atom. The average molecular weight is 441 g/mol. The molecule has 0 fully saturated rings. The number of unbranched alkanes of at least 4 members (excludes halogenated alkanes) is 2. The Labute approximate surface area is 189 Å². The highest BCUT2D eigenvalue weighted by atomic mass is 32.2. The number of hydrogen-bond donors (Lipinski definition) is 1. The summed E-state index contributed by atoms with van der Waals surface area (Å²) in [6.07, 6.45) is 9.34. The first kappa shape index (κ1) is 22.9. The minimum Gasteiger partial charge on any atom is -0.507 e. The van der Waals surface area contributed by atoms with Crippen LogP contribution in [-0.4, -0.2) is 23.7 Å². The second kappa shape index (κ2) is 10.5. The van der Waals surface area contributed by atoms with E-state index in [-0.39, 0.29) is 5.41 Å². The van der Waals surface area contributed by atoms with E-state index in [4.69, 9.17) is 0 Å². The summed E-state index contributed by atoms with van der Waals surface area (Å²) >= 11 is 3.47. The summed E-state index contributed by atoms with van der Waals surface area (Å²) < 4.78 is 0. The molecule has 1 aliphatic heterocycles. The highest BCUT2D eigenvalue weighted by Gasteiger charge is 2.36. The zero-order chi connectivity index (χ0) is 21.6. The Morgan fingerprint density at radius 3 is 2.37 bits per heavy atom. The number of fused-ring (bicyclic) bond motifs is 1. The first-order valence-corrected chi connectivity index (χ1v) is 13.1. The van der Waals surface area contributed by atoms with Crippen LogP contribution in [0.2, 0.25) is 0 Å². The van der Waals surface area contributed by atoms with Crippen molar-refractivity contribution in [2.24, 2.45) is 5.41 Å². The molecule has 0 amide bonds. The molecule has 0 saturated carbocycles. The molecule has 0 unspecified atom stereocenters.